The summed E-state index contributed by atoms with van der Waals surface area (Å²) in [5.74, 6) is -1.18. The number of sulfone groups is 1. The van der Waals surface area contributed by atoms with E-state index >= 15 is 0 Å². The van der Waals surface area contributed by atoms with Crippen LogP contribution in [-0.4, -0.2) is 19.5 Å². The molecule has 0 atom stereocenters. The molecule has 1 aromatic heterocycles. The Hall–Kier alpha value is -1.66. The molecule has 0 unspecified atom stereocenters. The second-order valence-electron chi connectivity index (χ2n) is 5.11. The van der Waals surface area contributed by atoms with E-state index in [9.17, 15) is 13.2 Å². The highest BCUT2D eigenvalue weighted by atomic mass is 32.2. The minimum atomic E-state index is -3.43. The normalized spacial score (nSPS) is 14.1. The third kappa shape index (κ3) is 2.87. The molecule has 110 valence electrons. The monoisotopic (exact) mass is 322 g/mol. The van der Waals surface area contributed by atoms with Gasteiger partial charge in [0.15, 0.2) is 9.84 Å². The summed E-state index contributed by atoms with van der Waals surface area (Å²) in [6.45, 7) is 0. The largest absolute Gasteiger partial charge is 0.477 e. The number of carboxylic acid groups (broad SMARTS) is 1. The Morgan fingerprint density at radius 3 is 2.62 bits per heavy atom. The Kier molecular flexibility index (Phi) is 3.59. The molecule has 0 radical (unpaired) electrons. The van der Waals surface area contributed by atoms with Crippen LogP contribution in [-0.2, 0) is 28.4 Å². The van der Waals surface area contributed by atoms with Crippen molar-refractivity contribution in [3.05, 3.63) is 51.2 Å². The average Bonchev–Trinajstić information content (AvgIpc) is 3.05. The molecule has 0 bridgehead atoms. The fourth-order valence-corrected chi connectivity index (χ4v) is 5.16. The van der Waals surface area contributed by atoms with Crippen LogP contribution in [0.2, 0.25) is 0 Å². The van der Waals surface area contributed by atoms with E-state index in [1.54, 1.807) is 18.2 Å². The Morgan fingerprint density at radius 2 is 1.90 bits per heavy atom. The minimum absolute atomic E-state index is 0.149. The number of benzene rings is 1. The first-order chi connectivity index (χ1) is 9.95. The van der Waals surface area contributed by atoms with E-state index in [1.807, 2.05) is 6.07 Å². The van der Waals surface area contributed by atoms with E-state index in [4.69, 9.17) is 5.11 Å². The van der Waals surface area contributed by atoms with E-state index in [2.05, 4.69) is 0 Å². The zero-order valence-corrected chi connectivity index (χ0v) is 12.8. The summed E-state index contributed by atoms with van der Waals surface area (Å²) < 4.78 is 24.9. The number of rotatable bonds is 4. The van der Waals surface area contributed by atoms with Gasteiger partial charge in [0.05, 0.1) is 10.6 Å². The van der Waals surface area contributed by atoms with Gasteiger partial charge in [-0.2, -0.15) is 0 Å². The number of carboxylic acids is 1. The molecule has 0 saturated carbocycles. The van der Waals surface area contributed by atoms with Gasteiger partial charge in [0, 0.05) is 4.88 Å². The smallest absolute Gasteiger partial charge is 0.345 e. The number of aromatic carboxylic acids is 1. The van der Waals surface area contributed by atoms with Gasteiger partial charge in [0.2, 0.25) is 0 Å². The Labute approximate surface area is 127 Å². The second kappa shape index (κ2) is 5.27. The summed E-state index contributed by atoms with van der Waals surface area (Å²) >= 11 is 1.01. The third-order valence-corrected chi connectivity index (χ3v) is 6.55. The highest BCUT2D eigenvalue weighted by Crippen LogP contribution is 2.27. The summed E-state index contributed by atoms with van der Waals surface area (Å²) in [7, 11) is -3.43. The first kappa shape index (κ1) is 14.3. The maximum absolute atomic E-state index is 12.4. The number of thiophene rings is 1. The average molecular weight is 322 g/mol. The molecule has 0 amide bonds. The fraction of sp³-hybridized carbons (Fsp3) is 0.267. The van der Waals surface area contributed by atoms with Crippen LogP contribution in [0.15, 0.2) is 35.2 Å². The number of fused-ring (bicyclic) bond motifs is 1. The van der Waals surface area contributed by atoms with E-state index in [0.717, 1.165) is 36.2 Å². The van der Waals surface area contributed by atoms with Gasteiger partial charge >= 0.3 is 5.97 Å². The van der Waals surface area contributed by atoms with Crippen molar-refractivity contribution < 1.29 is 18.3 Å². The molecule has 1 heterocycles. The molecule has 1 aliphatic carbocycles. The van der Waals surface area contributed by atoms with Crippen molar-refractivity contribution in [3.63, 3.8) is 0 Å². The lowest BCUT2D eigenvalue weighted by molar-refractivity contribution is 0.0702. The minimum Gasteiger partial charge on any atom is -0.477 e. The predicted octanol–water partition coefficient (Wildman–Crippen LogP) is 2.91. The standard InChI is InChI=1S/C15H14O4S2/c16-15(17)14-7-5-12(20-14)9-21(18,19)13-6-4-10-2-1-3-11(10)8-13/h4-8H,1-3,9H2,(H,16,17). The molecular formula is C15H14O4S2. The summed E-state index contributed by atoms with van der Waals surface area (Å²) in [4.78, 5) is 11.9. The van der Waals surface area contributed by atoms with Crippen LogP contribution < -0.4 is 0 Å². The van der Waals surface area contributed by atoms with Crippen LogP contribution in [0.1, 0.15) is 32.1 Å². The first-order valence-corrected chi connectivity index (χ1v) is 9.09. The summed E-state index contributed by atoms with van der Waals surface area (Å²) in [6, 6.07) is 8.33. The van der Waals surface area contributed by atoms with E-state index in [-0.39, 0.29) is 10.6 Å². The van der Waals surface area contributed by atoms with E-state index in [1.165, 1.54) is 11.6 Å². The molecule has 1 aliphatic rings. The topological polar surface area (TPSA) is 71.4 Å². The molecule has 3 rings (SSSR count). The fourth-order valence-electron chi connectivity index (χ4n) is 2.58. The van der Waals surface area contributed by atoms with Crippen molar-refractivity contribution in [1.29, 1.82) is 0 Å². The third-order valence-electron chi connectivity index (χ3n) is 3.63. The molecule has 0 fully saturated rings. The van der Waals surface area contributed by atoms with Gasteiger partial charge in [-0.15, -0.1) is 11.3 Å². The predicted molar refractivity (Wildman–Crippen MR) is 80.6 cm³/mol. The van der Waals surface area contributed by atoms with E-state index < -0.39 is 15.8 Å². The van der Waals surface area contributed by atoms with E-state index in [0.29, 0.717) is 9.77 Å². The number of carbonyl (C=O) groups is 1. The molecule has 0 spiro atoms. The van der Waals surface area contributed by atoms with Crippen molar-refractivity contribution >= 4 is 27.1 Å². The van der Waals surface area contributed by atoms with Crippen LogP contribution in [0.5, 0.6) is 0 Å². The Bertz CT molecular complexity index is 803. The molecular weight excluding hydrogens is 308 g/mol. The molecule has 21 heavy (non-hydrogen) atoms. The molecule has 6 heteroatoms. The summed E-state index contributed by atoms with van der Waals surface area (Å²) in [5.41, 5.74) is 2.35. The highest BCUT2D eigenvalue weighted by molar-refractivity contribution is 7.90. The van der Waals surface area contributed by atoms with Crippen molar-refractivity contribution in [2.75, 3.05) is 0 Å². The zero-order chi connectivity index (χ0) is 15.0. The lowest BCUT2D eigenvalue weighted by atomic mass is 10.1. The van der Waals surface area contributed by atoms with Crippen LogP contribution >= 0.6 is 11.3 Å². The second-order valence-corrected chi connectivity index (χ2v) is 8.27. The molecule has 1 aromatic carbocycles. The highest BCUT2D eigenvalue weighted by Gasteiger charge is 2.20. The van der Waals surface area contributed by atoms with Gasteiger partial charge in [-0.1, -0.05) is 6.07 Å². The van der Waals surface area contributed by atoms with Gasteiger partial charge < -0.3 is 5.11 Å². The van der Waals surface area contributed by atoms with Gasteiger partial charge in [0.1, 0.15) is 4.88 Å². The molecule has 0 aliphatic heterocycles. The maximum Gasteiger partial charge on any atom is 0.345 e. The zero-order valence-electron chi connectivity index (χ0n) is 11.2. The number of aryl methyl sites for hydroxylation is 2. The van der Waals surface area contributed by atoms with Gasteiger partial charge in [-0.3, -0.25) is 0 Å². The first-order valence-electron chi connectivity index (χ1n) is 6.62. The molecule has 0 saturated heterocycles. The van der Waals surface area contributed by atoms with Crippen molar-refractivity contribution in [2.45, 2.75) is 29.9 Å². The Morgan fingerprint density at radius 1 is 1.14 bits per heavy atom. The molecule has 4 nitrogen and oxygen atoms in total. The van der Waals surface area contributed by atoms with Crippen LogP contribution in [0.3, 0.4) is 0 Å². The molecule has 2 aromatic rings. The van der Waals surface area contributed by atoms with Crippen LogP contribution in [0.4, 0.5) is 0 Å². The lowest BCUT2D eigenvalue weighted by Gasteiger charge is -2.06. The number of hydrogen-bond acceptors (Lipinski definition) is 4. The Balaban J connectivity index is 1.88. The molecule has 1 N–H and O–H groups in total. The SMILES string of the molecule is O=C(O)c1ccc(CS(=O)(=O)c2ccc3c(c2)CCC3)s1. The lowest BCUT2D eigenvalue weighted by Crippen LogP contribution is -2.04. The van der Waals surface area contributed by atoms with Gasteiger partial charge in [0.25, 0.3) is 0 Å². The van der Waals surface area contributed by atoms with Crippen molar-refractivity contribution in [1.82, 2.24) is 0 Å². The van der Waals surface area contributed by atoms with Crippen molar-refractivity contribution in [2.24, 2.45) is 0 Å². The maximum atomic E-state index is 12.4. The van der Waals surface area contributed by atoms with Gasteiger partial charge in [-0.05, 0) is 54.7 Å². The van der Waals surface area contributed by atoms with Crippen LogP contribution in [0, 0.1) is 0 Å². The quantitative estimate of drug-likeness (QED) is 0.939. The summed E-state index contributed by atoms with van der Waals surface area (Å²) in [5, 5.41) is 8.88. The van der Waals surface area contributed by atoms with Crippen LogP contribution in [0.25, 0.3) is 0 Å². The van der Waals surface area contributed by atoms with Crippen molar-refractivity contribution in [3.8, 4) is 0 Å². The number of hydrogen-bond donors (Lipinski definition) is 1. The summed E-state index contributed by atoms with van der Waals surface area (Å²) in [6.07, 6.45) is 3.02. The van der Waals surface area contributed by atoms with Gasteiger partial charge in [-0.25, -0.2) is 13.2 Å².